The van der Waals surface area contributed by atoms with Gasteiger partial charge in [-0.15, -0.1) is 10.2 Å². The molecule has 0 atom stereocenters. The molecular weight excluding hydrogens is 354 g/mol. The first kappa shape index (κ1) is 14.6. The molecule has 1 N–H and O–H groups in total. The molecule has 0 aliphatic carbocycles. The highest BCUT2D eigenvalue weighted by Gasteiger charge is 2.14. The number of halogens is 1. The number of aromatic nitrogens is 4. The van der Waals surface area contributed by atoms with E-state index in [2.05, 4.69) is 47.1 Å². The SMILES string of the molecule is Brc1ccc2c(NCc3nnc4n3CCCCC4)ccnc2c1. The highest BCUT2D eigenvalue weighted by molar-refractivity contribution is 9.10. The van der Waals surface area contributed by atoms with Crippen molar-refractivity contribution in [2.75, 3.05) is 5.32 Å². The molecule has 0 spiro atoms. The molecule has 3 aromatic rings. The fourth-order valence-electron chi connectivity index (χ4n) is 3.13. The van der Waals surface area contributed by atoms with Crippen molar-refractivity contribution in [2.45, 2.75) is 38.8 Å². The summed E-state index contributed by atoms with van der Waals surface area (Å²) in [6.07, 6.45) is 6.58. The lowest BCUT2D eigenvalue weighted by Gasteiger charge is -2.11. The Kier molecular flexibility index (Phi) is 3.99. The molecule has 6 heteroatoms. The first-order valence-electron chi connectivity index (χ1n) is 8.00. The van der Waals surface area contributed by atoms with Crippen molar-refractivity contribution in [2.24, 2.45) is 0 Å². The summed E-state index contributed by atoms with van der Waals surface area (Å²) >= 11 is 3.49. The van der Waals surface area contributed by atoms with Crippen molar-refractivity contribution < 1.29 is 0 Å². The van der Waals surface area contributed by atoms with E-state index in [1.165, 1.54) is 19.3 Å². The van der Waals surface area contributed by atoms with Gasteiger partial charge in [-0.05, 0) is 37.1 Å². The van der Waals surface area contributed by atoms with Crippen LogP contribution in [0.1, 0.15) is 30.9 Å². The molecule has 2 aromatic heterocycles. The monoisotopic (exact) mass is 371 g/mol. The number of pyridine rings is 1. The Morgan fingerprint density at radius 1 is 1.13 bits per heavy atom. The van der Waals surface area contributed by atoms with Gasteiger partial charge in [-0.2, -0.15) is 0 Å². The molecule has 23 heavy (non-hydrogen) atoms. The van der Waals surface area contributed by atoms with Gasteiger partial charge >= 0.3 is 0 Å². The lowest BCUT2D eigenvalue weighted by molar-refractivity contribution is 0.610. The second-order valence-electron chi connectivity index (χ2n) is 5.87. The van der Waals surface area contributed by atoms with Crippen LogP contribution < -0.4 is 5.32 Å². The number of benzene rings is 1. The Morgan fingerprint density at radius 2 is 2.09 bits per heavy atom. The summed E-state index contributed by atoms with van der Waals surface area (Å²) in [5.74, 6) is 2.15. The van der Waals surface area contributed by atoms with E-state index >= 15 is 0 Å². The molecule has 5 nitrogen and oxygen atoms in total. The molecular formula is C17H18BrN5. The largest absolute Gasteiger partial charge is 0.377 e. The first-order valence-corrected chi connectivity index (χ1v) is 8.80. The molecule has 0 saturated heterocycles. The molecule has 3 heterocycles. The number of hydrogen-bond acceptors (Lipinski definition) is 4. The van der Waals surface area contributed by atoms with E-state index in [0.29, 0.717) is 6.54 Å². The number of nitrogens with one attached hydrogen (secondary N) is 1. The third kappa shape index (κ3) is 2.95. The molecule has 0 unspecified atom stereocenters. The second kappa shape index (κ2) is 6.28. The topological polar surface area (TPSA) is 55.6 Å². The van der Waals surface area contributed by atoms with Gasteiger partial charge in [-0.1, -0.05) is 22.4 Å². The molecule has 0 radical (unpaired) electrons. The first-order chi connectivity index (χ1) is 11.3. The summed E-state index contributed by atoms with van der Waals surface area (Å²) in [7, 11) is 0. The molecule has 1 aliphatic rings. The standard InChI is InChI=1S/C17H18BrN5/c18-12-5-6-13-14(7-8-19-15(13)10-12)20-11-17-22-21-16-4-2-1-3-9-23(16)17/h5-8,10H,1-4,9,11H2,(H,19,20). The lowest BCUT2D eigenvalue weighted by atomic mass is 10.2. The van der Waals surface area contributed by atoms with E-state index in [1.807, 2.05) is 24.4 Å². The summed E-state index contributed by atoms with van der Waals surface area (Å²) in [4.78, 5) is 4.43. The van der Waals surface area contributed by atoms with Gasteiger partial charge in [-0.25, -0.2) is 0 Å². The van der Waals surface area contributed by atoms with Crippen LogP contribution in [0.5, 0.6) is 0 Å². The molecule has 0 saturated carbocycles. The fourth-order valence-corrected chi connectivity index (χ4v) is 3.47. The molecule has 1 aromatic carbocycles. The number of fused-ring (bicyclic) bond motifs is 2. The van der Waals surface area contributed by atoms with E-state index in [1.54, 1.807) is 0 Å². The average molecular weight is 372 g/mol. The van der Waals surface area contributed by atoms with Crippen molar-refractivity contribution in [3.8, 4) is 0 Å². The maximum atomic E-state index is 4.43. The van der Waals surface area contributed by atoms with Crippen LogP contribution in [0.15, 0.2) is 34.9 Å². The summed E-state index contributed by atoms with van der Waals surface area (Å²) < 4.78 is 3.32. The van der Waals surface area contributed by atoms with Crippen LogP contribution in [-0.2, 0) is 19.5 Å². The predicted molar refractivity (Wildman–Crippen MR) is 94.3 cm³/mol. The van der Waals surface area contributed by atoms with E-state index < -0.39 is 0 Å². The molecule has 0 bridgehead atoms. The van der Waals surface area contributed by atoms with Gasteiger partial charge in [0.2, 0.25) is 0 Å². The Bertz CT molecular complexity index is 842. The van der Waals surface area contributed by atoms with Crippen LogP contribution in [0.2, 0.25) is 0 Å². The summed E-state index contributed by atoms with van der Waals surface area (Å²) in [5.41, 5.74) is 2.05. The predicted octanol–water partition coefficient (Wildman–Crippen LogP) is 3.93. The Labute approximate surface area is 143 Å². The minimum atomic E-state index is 0.683. The van der Waals surface area contributed by atoms with Gasteiger partial charge in [0.1, 0.15) is 5.82 Å². The molecule has 0 fully saturated rings. The zero-order valence-electron chi connectivity index (χ0n) is 12.8. The molecule has 1 aliphatic heterocycles. The van der Waals surface area contributed by atoms with Gasteiger partial charge in [0.25, 0.3) is 0 Å². The van der Waals surface area contributed by atoms with Gasteiger partial charge in [0.15, 0.2) is 5.82 Å². The minimum Gasteiger partial charge on any atom is -0.377 e. The number of aryl methyl sites for hydroxylation is 1. The summed E-state index contributed by atoms with van der Waals surface area (Å²) in [6.45, 7) is 1.71. The smallest absolute Gasteiger partial charge is 0.152 e. The van der Waals surface area contributed by atoms with Crippen LogP contribution in [0.4, 0.5) is 5.69 Å². The van der Waals surface area contributed by atoms with Gasteiger partial charge < -0.3 is 9.88 Å². The maximum absolute atomic E-state index is 4.43. The number of hydrogen-bond donors (Lipinski definition) is 1. The van der Waals surface area contributed by atoms with E-state index in [9.17, 15) is 0 Å². The summed E-state index contributed by atoms with van der Waals surface area (Å²) in [5, 5.41) is 13.4. The van der Waals surface area contributed by atoms with Crippen LogP contribution in [-0.4, -0.2) is 19.7 Å². The normalized spacial score (nSPS) is 14.5. The van der Waals surface area contributed by atoms with Crippen LogP contribution in [0.25, 0.3) is 10.9 Å². The zero-order chi connectivity index (χ0) is 15.6. The van der Waals surface area contributed by atoms with Crippen molar-refractivity contribution >= 4 is 32.5 Å². The van der Waals surface area contributed by atoms with Crippen LogP contribution in [0.3, 0.4) is 0 Å². The van der Waals surface area contributed by atoms with Gasteiger partial charge in [0, 0.05) is 34.7 Å². The highest BCUT2D eigenvalue weighted by atomic mass is 79.9. The summed E-state index contributed by atoms with van der Waals surface area (Å²) in [6, 6.07) is 8.16. The fraction of sp³-hybridized carbons (Fsp3) is 0.353. The number of nitrogens with zero attached hydrogens (tertiary/aromatic N) is 4. The Hall–Kier alpha value is -1.95. The lowest BCUT2D eigenvalue weighted by Crippen LogP contribution is -2.10. The van der Waals surface area contributed by atoms with Crippen molar-refractivity contribution in [3.63, 3.8) is 0 Å². The Morgan fingerprint density at radius 3 is 3.04 bits per heavy atom. The van der Waals surface area contributed by atoms with Crippen molar-refractivity contribution in [1.82, 2.24) is 19.7 Å². The molecule has 118 valence electrons. The minimum absolute atomic E-state index is 0.683. The van der Waals surface area contributed by atoms with Gasteiger partial charge in [0.05, 0.1) is 12.1 Å². The zero-order valence-corrected chi connectivity index (χ0v) is 14.4. The molecule has 4 rings (SSSR count). The second-order valence-corrected chi connectivity index (χ2v) is 6.78. The van der Waals surface area contributed by atoms with Crippen LogP contribution in [0, 0.1) is 0 Å². The van der Waals surface area contributed by atoms with E-state index in [0.717, 1.165) is 45.7 Å². The van der Waals surface area contributed by atoms with Crippen LogP contribution >= 0.6 is 15.9 Å². The maximum Gasteiger partial charge on any atom is 0.152 e. The third-order valence-electron chi connectivity index (χ3n) is 4.33. The van der Waals surface area contributed by atoms with Crippen molar-refractivity contribution in [3.05, 3.63) is 46.6 Å². The van der Waals surface area contributed by atoms with Crippen molar-refractivity contribution in [1.29, 1.82) is 0 Å². The average Bonchev–Trinajstić information content (AvgIpc) is 2.79. The third-order valence-corrected chi connectivity index (χ3v) is 4.82. The number of rotatable bonds is 3. The van der Waals surface area contributed by atoms with E-state index in [4.69, 9.17) is 0 Å². The van der Waals surface area contributed by atoms with Gasteiger partial charge in [-0.3, -0.25) is 4.98 Å². The highest BCUT2D eigenvalue weighted by Crippen LogP contribution is 2.25. The Balaban J connectivity index is 1.59. The number of anilines is 1. The van der Waals surface area contributed by atoms with E-state index in [-0.39, 0.29) is 0 Å². The quantitative estimate of drug-likeness (QED) is 0.757. The molecule has 0 amide bonds.